The molecule has 0 aromatic carbocycles. The van der Waals surface area contributed by atoms with E-state index in [2.05, 4.69) is 30.6 Å². The van der Waals surface area contributed by atoms with E-state index in [1.54, 1.807) is 0 Å². The number of halogens is 1. The molecule has 0 unspecified atom stereocenters. The highest BCUT2D eigenvalue weighted by Gasteiger charge is 2.27. The van der Waals surface area contributed by atoms with Crippen LogP contribution in [0, 0.1) is 0 Å². The summed E-state index contributed by atoms with van der Waals surface area (Å²) >= 11 is 3.10. The number of hydrogen-bond donors (Lipinski definition) is 2. The number of fused-ring (bicyclic) bond motifs is 1. The average Bonchev–Trinajstić information content (AvgIpc) is 2.31. The first-order valence-corrected chi connectivity index (χ1v) is 7.60. The van der Waals surface area contributed by atoms with Crippen LogP contribution in [0.5, 0.6) is 0 Å². The van der Waals surface area contributed by atoms with Crippen LogP contribution >= 0.6 is 15.9 Å². The van der Waals surface area contributed by atoms with Gasteiger partial charge in [-0.3, -0.25) is 4.79 Å². The van der Waals surface area contributed by atoms with Gasteiger partial charge >= 0.3 is 5.97 Å². The number of carboxylic acids is 1. The van der Waals surface area contributed by atoms with E-state index in [9.17, 15) is 13.2 Å². The number of hydrogen-bond acceptors (Lipinski definition) is 5. The van der Waals surface area contributed by atoms with E-state index < -0.39 is 22.4 Å². The largest absolute Gasteiger partial charge is 0.481 e. The summed E-state index contributed by atoms with van der Waals surface area (Å²) in [4.78, 5) is 14.3. The van der Waals surface area contributed by atoms with E-state index in [1.165, 1.54) is 12.3 Å². The van der Waals surface area contributed by atoms with E-state index in [1.807, 2.05) is 13.8 Å². The van der Waals surface area contributed by atoms with Gasteiger partial charge in [0.15, 0.2) is 5.82 Å². The highest BCUT2D eigenvalue weighted by atomic mass is 79.9. The summed E-state index contributed by atoms with van der Waals surface area (Å²) in [6.07, 6.45) is 0.904. The predicted octanol–water partition coefficient (Wildman–Crippen LogP) is 1.86. The molecule has 9 heteroatoms. The van der Waals surface area contributed by atoms with Gasteiger partial charge in [0.25, 0.3) is 10.0 Å². The summed E-state index contributed by atoms with van der Waals surface area (Å²) in [5.41, 5.74) is 0. The quantitative estimate of drug-likeness (QED) is 0.843. The zero-order valence-electron chi connectivity index (χ0n) is 10.2. The molecule has 104 valence electrons. The number of carboxylic acid groups (broad SMARTS) is 1. The number of pyridine rings is 1. The molecule has 2 heterocycles. The van der Waals surface area contributed by atoms with Gasteiger partial charge in [0.05, 0.1) is 0 Å². The van der Waals surface area contributed by atoms with Crippen molar-refractivity contribution in [3.05, 3.63) is 16.7 Å². The predicted molar refractivity (Wildman–Crippen MR) is 73.8 cm³/mol. The van der Waals surface area contributed by atoms with Crippen LogP contribution in [0.15, 0.2) is 26.0 Å². The topological polar surface area (TPSA) is 109 Å². The molecule has 0 saturated heterocycles. The van der Waals surface area contributed by atoms with Crippen LogP contribution < -0.4 is 5.32 Å². The second-order valence-corrected chi connectivity index (χ2v) is 5.70. The SMILES string of the molecule is CC.O=C(O)CC1=NS(=O)(=O)c2cc(Br)cnc2N1. The van der Waals surface area contributed by atoms with Gasteiger partial charge < -0.3 is 10.4 Å². The number of aromatic nitrogens is 1. The van der Waals surface area contributed by atoms with Gasteiger partial charge in [-0.05, 0) is 22.0 Å². The van der Waals surface area contributed by atoms with E-state index in [4.69, 9.17) is 5.11 Å². The zero-order chi connectivity index (χ0) is 14.6. The Morgan fingerprint density at radius 1 is 1.47 bits per heavy atom. The molecule has 1 aromatic heterocycles. The van der Waals surface area contributed by atoms with E-state index in [-0.39, 0.29) is 16.5 Å². The Labute approximate surface area is 119 Å². The van der Waals surface area contributed by atoms with Gasteiger partial charge in [-0.15, -0.1) is 4.40 Å². The lowest BCUT2D eigenvalue weighted by Gasteiger charge is -2.16. The van der Waals surface area contributed by atoms with Gasteiger partial charge in [0, 0.05) is 10.7 Å². The first kappa shape index (κ1) is 15.6. The number of sulfonamides is 1. The number of nitrogens with one attached hydrogen (secondary N) is 1. The third-order valence-electron chi connectivity index (χ3n) is 1.91. The van der Waals surface area contributed by atoms with Crippen molar-refractivity contribution in [3.63, 3.8) is 0 Å². The fraction of sp³-hybridized carbons (Fsp3) is 0.300. The number of nitrogens with zero attached hydrogens (tertiary/aromatic N) is 2. The Morgan fingerprint density at radius 3 is 2.68 bits per heavy atom. The van der Waals surface area contributed by atoms with Crippen LogP contribution in [0.25, 0.3) is 0 Å². The normalized spacial score (nSPS) is 15.2. The van der Waals surface area contributed by atoms with Gasteiger partial charge in [0.1, 0.15) is 17.2 Å². The summed E-state index contributed by atoms with van der Waals surface area (Å²) in [6.45, 7) is 4.00. The Bertz CT molecular complexity index is 628. The minimum Gasteiger partial charge on any atom is -0.481 e. The Morgan fingerprint density at radius 2 is 2.11 bits per heavy atom. The molecule has 1 aromatic rings. The van der Waals surface area contributed by atoms with Crippen LogP contribution in [-0.2, 0) is 14.8 Å². The van der Waals surface area contributed by atoms with Crippen molar-refractivity contribution in [3.8, 4) is 0 Å². The molecule has 1 aliphatic rings. The smallest absolute Gasteiger partial charge is 0.311 e. The Kier molecular flexibility index (Phi) is 5.01. The number of amidine groups is 1. The monoisotopic (exact) mass is 349 g/mol. The van der Waals surface area contributed by atoms with Crippen molar-refractivity contribution in [2.24, 2.45) is 4.40 Å². The van der Waals surface area contributed by atoms with Gasteiger partial charge in [-0.1, -0.05) is 13.8 Å². The lowest BCUT2D eigenvalue weighted by Crippen LogP contribution is -2.24. The lowest BCUT2D eigenvalue weighted by molar-refractivity contribution is -0.135. The fourth-order valence-electron chi connectivity index (χ4n) is 1.28. The zero-order valence-corrected chi connectivity index (χ0v) is 12.6. The van der Waals surface area contributed by atoms with Crippen LogP contribution in [0.2, 0.25) is 0 Å². The van der Waals surface area contributed by atoms with Crippen LogP contribution in [0.1, 0.15) is 20.3 Å². The Hall–Kier alpha value is -1.48. The first-order valence-electron chi connectivity index (χ1n) is 5.37. The first-order chi connectivity index (χ1) is 8.88. The molecule has 0 radical (unpaired) electrons. The highest BCUT2D eigenvalue weighted by Crippen LogP contribution is 2.28. The van der Waals surface area contributed by atoms with Gasteiger partial charge in [0.2, 0.25) is 0 Å². The third kappa shape index (κ3) is 3.74. The summed E-state index contributed by atoms with van der Waals surface area (Å²) < 4.78 is 27.3. The highest BCUT2D eigenvalue weighted by molar-refractivity contribution is 9.10. The minimum absolute atomic E-state index is 0.0824. The molecular formula is C10H12BrN3O4S. The number of rotatable bonds is 2. The molecule has 0 aliphatic carbocycles. The average molecular weight is 350 g/mol. The molecule has 2 rings (SSSR count). The lowest BCUT2D eigenvalue weighted by atomic mass is 10.4. The maximum atomic E-state index is 11.7. The summed E-state index contributed by atoms with van der Waals surface area (Å²) in [6, 6.07) is 1.35. The van der Waals surface area contributed by atoms with Gasteiger partial charge in [-0.25, -0.2) is 4.98 Å². The maximum absolute atomic E-state index is 11.7. The minimum atomic E-state index is -3.89. The molecular weight excluding hydrogens is 338 g/mol. The second-order valence-electron chi connectivity index (χ2n) is 3.21. The molecule has 2 N–H and O–H groups in total. The van der Waals surface area contributed by atoms with Crippen molar-refractivity contribution < 1.29 is 18.3 Å². The molecule has 7 nitrogen and oxygen atoms in total. The van der Waals surface area contributed by atoms with Crippen molar-refractivity contribution in [1.29, 1.82) is 0 Å². The number of anilines is 1. The molecule has 1 aliphatic heterocycles. The standard InChI is InChI=1S/C8H6BrN3O4S.C2H6/c9-4-1-5-8(10-3-4)11-6(2-7(13)14)12-17(5,15)16;1-2/h1,3H,2H2,(H,13,14)(H,10,11,12);1-2H3. The van der Waals surface area contributed by atoms with Crippen molar-refractivity contribution in [2.45, 2.75) is 25.2 Å². The summed E-state index contributed by atoms with van der Waals surface area (Å²) in [5, 5.41) is 11.2. The van der Waals surface area contributed by atoms with E-state index in [0.717, 1.165) is 0 Å². The number of aliphatic carboxylic acids is 1. The molecule has 0 amide bonds. The van der Waals surface area contributed by atoms with Crippen molar-refractivity contribution in [1.82, 2.24) is 4.98 Å². The fourth-order valence-corrected chi connectivity index (χ4v) is 2.89. The molecule has 0 fully saturated rings. The van der Waals surface area contributed by atoms with Crippen LogP contribution in [-0.4, -0.2) is 30.3 Å². The van der Waals surface area contributed by atoms with Crippen molar-refractivity contribution >= 4 is 43.6 Å². The molecule has 19 heavy (non-hydrogen) atoms. The number of carbonyl (C=O) groups is 1. The van der Waals surface area contributed by atoms with Crippen molar-refractivity contribution in [2.75, 3.05) is 5.32 Å². The Balaban J connectivity index is 0.000000861. The molecule has 0 spiro atoms. The molecule has 0 atom stereocenters. The van der Waals surface area contributed by atoms with Crippen LogP contribution in [0.3, 0.4) is 0 Å². The van der Waals surface area contributed by atoms with E-state index in [0.29, 0.717) is 4.47 Å². The van der Waals surface area contributed by atoms with Crippen LogP contribution in [0.4, 0.5) is 5.82 Å². The van der Waals surface area contributed by atoms with E-state index >= 15 is 0 Å². The summed E-state index contributed by atoms with van der Waals surface area (Å²) in [5.74, 6) is -1.24. The second kappa shape index (κ2) is 6.11. The molecule has 0 saturated carbocycles. The molecule has 0 bridgehead atoms. The third-order valence-corrected chi connectivity index (χ3v) is 3.67. The maximum Gasteiger partial charge on any atom is 0.311 e. The summed E-state index contributed by atoms with van der Waals surface area (Å²) in [7, 11) is -3.89. The van der Waals surface area contributed by atoms with Gasteiger partial charge in [-0.2, -0.15) is 8.42 Å².